The second-order valence-corrected chi connectivity index (χ2v) is 5.91. The zero-order valence-corrected chi connectivity index (χ0v) is 14.8. The molecule has 0 radical (unpaired) electrons. The summed E-state index contributed by atoms with van der Waals surface area (Å²) in [5.41, 5.74) is 3.71. The van der Waals surface area contributed by atoms with Gasteiger partial charge in [0.15, 0.2) is 5.42 Å². The molecule has 0 fully saturated rings. The molecule has 2 aromatic rings. The average molecular weight is 313 g/mol. The van der Waals surface area contributed by atoms with Crippen LogP contribution in [0, 0.1) is 0 Å². The molecule has 0 saturated heterocycles. The van der Waals surface area contributed by atoms with Crippen molar-refractivity contribution in [1.29, 1.82) is 0 Å². The molecule has 4 heteroatoms. The predicted molar refractivity (Wildman–Crippen MR) is 96.8 cm³/mol. The molecule has 1 heterocycles. The Morgan fingerprint density at radius 3 is 2.43 bits per heavy atom. The second kappa shape index (κ2) is 7.36. The molecule has 0 bridgehead atoms. The molecule has 0 aliphatic rings. The summed E-state index contributed by atoms with van der Waals surface area (Å²) in [5, 5.41) is 0.863. The summed E-state index contributed by atoms with van der Waals surface area (Å²) in [6, 6.07) is 8.62. The molecule has 0 atom stereocenters. The number of hydrogen-bond donors (Lipinski definition) is 0. The van der Waals surface area contributed by atoms with Crippen LogP contribution in [-0.4, -0.2) is 24.2 Å². The summed E-state index contributed by atoms with van der Waals surface area (Å²) in [5.74, 6) is 0. The van der Waals surface area contributed by atoms with Gasteiger partial charge in [0.1, 0.15) is 0 Å². The Morgan fingerprint density at radius 2 is 1.91 bits per heavy atom. The van der Waals surface area contributed by atoms with E-state index in [9.17, 15) is 0 Å². The Hall–Kier alpha value is -2.23. The lowest BCUT2D eigenvalue weighted by Crippen LogP contribution is -2.31. The molecule has 23 heavy (non-hydrogen) atoms. The lowest BCUT2D eigenvalue weighted by Gasteiger charge is -2.16. The molecule has 0 spiro atoms. The Bertz CT molecular complexity index is 810. The molecule has 4 nitrogen and oxygen atoms in total. The Labute approximate surface area is 138 Å². The van der Waals surface area contributed by atoms with Crippen molar-refractivity contribution >= 4 is 18.3 Å². The van der Waals surface area contributed by atoms with Gasteiger partial charge in [0.2, 0.25) is 0 Å². The van der Waals surface area contributed by atoms with Crippen LogP contribution in [0.25, 0.3) is 12.7 Å². The third-order valence-electron chi connectivity index (χ3n) is 3.83. The van der Waals surface area contributed by atoms with E-state index in [-0.39, 0.29) is 6.04 Å². The van der Waals surface area contributed by atoms with Crippen molar-refractivity contribution in [2.75, 3.05) is 18.5 Å². The van der Waals surface area contributed by atoms with Crippen molar-refractivity contribution in [2.45, 2.75) is 40.3 Å². The van der Waals surface area contributed by atoms with Gasteiger partial charge in [-0.3, -0.25) is 4.57 Å². The minimum absolute atomic E-state index is 0.190. The summed E-state index contributed by atoms with van der Waals surface area (Å²) in [4.78, 5) is 6.73. The molecule has 0 saturated carbocycles. The van der Waals surface area contributed by atoms with E-state index in [1.165, 1.54) is 5.69 Å². The molecule has 0 unspecified atom stereocenters. The molecule has 2 rings (SSSR count). The number of hydrogen-bond acceptors (Lipinski definition) is 3. The SMILES string of the molecule is C=c1/c(=C\c2ccc(N(C)CC)cc2)oc(=NC(C)C)n1CC. The molecule has 0 aliphatic heterocycles. The van der Waals surface area contributed by atoms with E-state index in [2.05, 4.69) is 61.6 Å². The number of benzene rings is 1. The first-order valence-corrected chi connectivity index (χ1v) is 8.21. The van der Waals surface area contributed by atoms with Crippen LogP contribution in [0.3, 0.4) is 0 Å². The van der Waals surface area contributed by atoms with Crippen molar-refractivity contribution in [1.82, 2.24) is 4.57 Å². The van der Waals surface area contributed by atoms with Gasteiger partial charge in [-0.2, -0.15) is 0 Å². The summed E-state index contributed by atoms with van der Waals surface area (Å²) in [6.45, 7) is 14.2. The number of aromatic nitrogens is 1. The number of anilines is 1. The predicted octanol–water partition coefficient (Wildman–Crippen LogP) is 2.11. The zero-order valence-electron chi connectivity index (χ0n) is 14.8. The standard InChI is InChI=1S/C19H27N3O/c1-7-21(6)17-11-9-16(10-12-17)13-18-15(5)22(8-2)19(23-18)20-14(3)4/h9-14H,5,7-8H2,1-4,6H3/b18-13+,20-19?. The molecular weight excluding hydrogens is 286 g/mol. The van der Waals surface area contributed by atoms with Gasteiger partial charge < -0.3 is 9.32 Å². The van der Waals surface area contributed by atoms with Gasteiger partial charge in [0, 0.05) is 31.9 Å². The minimum Gasteiger partial charge on any atom is -0.424 e. The molecule has 124 valence electrons. The van der Waals surface area contributed by atoms with Crippen molar-refractivity contribution in [3.63, 3.8) is 0 Å². The van der Waals surface area contributed by atoms with Crippen molar-refractivity contribution < 1.29 is 4.42 Å². The van der Waals surface area contributed by atoms with Gasteiger partial charge in [-0.05, 0) is 51.5 Å². The lowest BCUT2D eigenvalue weighted by molar-refractivity contribution is 0.432. The van der Waals surface area contributed by atoms with Crippen LogP contribution < -0.4 is 21.3 Å². The Kier molecular flexibility index (Phi) is 5.48. The Morgan fingerprint density at radius 1 is 1.26 bits per heavy atom. The van der Waals surface area contributed by atoms with Gasteiger partial charge >= 0.3 is 0 Å². The summed E-state index contributed by atoms with van der Waals surface area (Å²) < 4.78 is 7.92. The highest BCUT2D eigenvalue weighted by molar-refractivity contribution is 5.55. The van der Waals surface area contributed by atoms with E-state index in [1.54, 1.807) is 0 Å². The first-order chi connectivity index (χ1) is 11.0. The van der Waals surface area contributed by atoms with E-state index in [4.69, 9.17) is 4.42 Å². The largest absolute Gasteiger partial charge is 0.424 e. The molecule has 0 amide bonds. The highest BCUT2D eigenvalue weighted by atomic mass is 16.3. The lowest BCUT2D eigenvalue weighted by atomic mass is 10.2. The quantitative estimate of drug-likeness (QED) is 0.847. The van der Waals surface area contributed by atoms with Gasteiger partial charge in [0.05, 0.1) is 5.35 Å². The van der Waals surface area contributed by atoms with Gasteiger partial charge in [-0.1, -0.05) is 18.7 Å². The number of oxazole rings is 1. The normalized spacial score (nSPS) is 13.1. The fourth-order valence-corrected chi connectivity index (χ4v) is 2.38. The third kappa shape index (κ3) is 3.95. The topological polar surface area (TPSA) is 33.7 Å². The smallest absolute Gasteiger partial charge is 0.297 e. The van der Waals surface area contributed by atoms with Crippen molar-refractivity contribution in [3.05, 3.63) is 46.3 Å². The van der Waals surface area contributed by atoms with Crippen LogP contribution in [0.2, 0.25) is 0 Å². The fourth-order valence-electron chi connectivity index (χ4n) is 2.38. The van der Waals surface area contributed by atoms with Crippen LogP contribution in [0.5, 0.6) is 0 Å². The molecular formula is C19H27N3O. The van der Waals surface area contributed by atoms with Crippen LogP contribution in [-0.2, 0) is 6.54 Å². The number of rotatable bonds is 5. The summed E-state index contributed by atoms with van der Waals surface area (Å²) in [7, 11) is 2.09. The maximum Gasteiger partial charge on any atom is 0.297 e. The van der Waals surface area contributed by atoms with E-state index < -0.39 is 0 Å². The molecule has 1 aromatic heterocycles. The van der Waals surface area contributed by atoms with Crippen LogP contribution in [0.1, 0.15) is 33.3 Å². The molecule has 0 N–H and O–H groups in total. The minimum atomic E-state index is 0.190. The van der Waals surface area contributed by atoms with Gasteiger partial charge in [0.25, 0.3) is 5.68 Å². The maximum atomic E-state index is 5.92. The Balaban J connectivity index is 2.48. The number of nitrogens with zero attached hydrogens (tertiary/aromatic N) is 3. The summed E-state index contributed by atoms with van der Waals surface area (Å²) >= 11 is 0. The van der Waals surface area contributed by atoms with Crippen LogP contribution >= 0.6 is 0 Å². The van der Waals surface area contributed by atoms with E-state index in [0.29, 0.717) is 5.68 Å². The van der Waals surface area contributed by atoms with Crippen LogP contribution in [0.4, 0.5) is 5.69 Å². The van der Waals surface area contributed by atoms with Crippen molar-refractivity contribution in [2.24, 2.45) is 4.99 Å². The van der Waals surface area contributed by atoms with Crippen LogP contribution in [0.15, 0.2) is 33.7 Å². The summed E-state index contributed by atoms with van der Waals surface area (Å²) in [6.07, 6.45) is 2.02. The molecule has 1 aromatic carbocycles. The van der Waals surface area contributed by atoms with Crippen molar-refractivity contribution in [3.8, 4) is 0 Å². The van der Waals surface area contributed by atoms with E-state index >= 15 is 0 Å². The highest BCUT2D eigenvalue weighted by Gasteiger charge is 2.03. The maximum absolute atomic E-state index is 5.92. The van der Waals surface area contributed by atoms with Gasteiger partial charge in [-0.15, -0.1) is 0 Å². The third-order valence-corrected chi connectivity index (χ3v) is 3.83. The first kappa shape index (κ1) is 17.1. The molecule has 0 aliphatic carbocycles. The second-order valence-electron chi connectivity index (χ2n) is 5.91. The van der Waals surface area contributed by atoms with E-state index in [0.717, 1.165) is 29.4 Å². The average Bonchev–Trinajstić information content (AvgIpc) is 2.81. The zero-order chi connectivity index (χ0) is 17.0. The van der Waals surface area contributed by atoms with Gasteiger partial charge in [-0.25, -0.2) is 4.99 Å². The van der Waals surface area contributed by atoms with E-state index in [1.807, 2.05) is 24.5 Å². The first-order valence-electron chi connectivity index (χ1n) is 8.21. The fraction of sp³-hybridized carbons (Fsp3) is 0.421. The monoisotopic (exact) mass is 313 g/mol. The highest BCUT2D eigenvalue weighted by Crippen LogP contribution is 2.13.